The molecule has 182 valence electrons. The van der Waals surface area contributed by atoms with Gasteiger partial charge < -0.3 is 4.42 Å². The zero-order valence-electron chi connectivity index (χ0n) is 20.1. The smallest absolute Gasteiger partial charge is 0.346 e. The lowest BCUT2D eigenvalue weighted by molar-refractivity contribution is -0.128. The van der Waals surface area contributed by atoms with Crippen molar-refractivity contribution < 1.29 is 18.8 Å². The number of carbonyl (C=O) groups is 3. The summed E-state index contributed by atoms with van der Waals surface area (Å²) >= 11 is 0. The summed E-state index contributed by atoms with van der Waals surface area (Å²) in [5.41, 5.74) is -2.00. The third kappa shape index (κ3) is 2.65. The molecule has 11 nitrogen and oxygen atoms in total. The number of rotatable bonds is 1. The number of hydrogen-bond acceptors (Lipinski definition) is 9. The van der Waals surface area contributed by atoms with Gasteiger partial charge in [-0.15, -0.1) is 0 Å². The molecule has 1 aliphatic carbocycles. The van der Waals surface area contributed by atoms with Crippen molar-refractivity contribution >= 4 is 35.1 Å². The van der Waals surface area contributed by atoms with Crippen molar-refractivity contribution in [3.8, 4) is 0 Å². The van der Waals surface area contributed by atoms with Crippen LogP contribution >= 0.6 is 0 Å². The van der Waals surface area contributed by atoms with Crippen LogP contribution in [-0.2, 0) is 19.8 Å². The fourth-order valence-corrected chi connectivity index (χ4v) is 5.85. The fraction of sp³-hybridized carbons (Fsp3) is 0.320. The van der Waals surface area contributed by atoms with Crippen LogP contribution in [0.25, 0.3) is 0 Å². The molecule has 0 saturated heterocycles. The Morgan fingerprint density at radius 2 is 1.89 bits per heavy atom. The number of fused-ring (bicyclic) bond motifs is 5. The average molecular weight is 486 g/mol. The van der Waals surface area contributed by atoms with E-state index in [1.165, 1.54) is 20.2 Å². The molecule has 0 radical (unpaired) electrons. The molecule has 0 saturated carbocycles. The predicted molar refractivity (Wildman–Crippen MR) is 126 cm³/mol. The lowest BCUT2D eigenvalue weighted by Gasteiger charge is -2.45. The van der Waals surface area contributed by atoms with Gasteiger partial charge in [0.05, 0.1) is 5.69 Å². The van der Waals surface area contributed by atoms with Crippen molar-refractivity contribution in [1.82, 2.24) is 20.2 Å². The number of para-hydroxylation sites is 1. The molecule has 2 aliphatic heterocycles. The van der Waals surface area contributed by atoms with Gasteiger partial charge in [-0.3, -0.25) is 19.3 Å². The van der Waals surface area contributed by atoms with Crippen molar-refractivity contribution in [1.29, 1.82) is 0 Å². The van der Waals surface area contributed by atoms with Crippen LogP contribution in [0.2, 0.25) is 0 Å². The zero-order chi connectivity index (χ0) is 25.6. The lowest BCUT2D eigenvalue weighted by Crippen LogP contribution is -2.54. The number of H-pyrrole nitrogens is 1. The lowest BCUT2D eigenvalue weighted by atomic mass is 9.61. The molecule has 2 amide bonds. The molecule has 1 unspecified atom stereocenters. The molecule has 3 aliphatic rings. The first-order valence-electron chi connectivity index (χ1n) is 11.5. The minimum Gasteiger partial charge on any atom is -0.408 e. The minimum absolute atomic E-state index is 0.0750. The van der Waals surface area contributed by atoms with Gasteiger partial charge in [-0.2, -0.15) is 15.1 Å². The Balaban J connectivity index is 1.84. The number of carbonyl (C=O) groups excluding carboxylic acids is 3. The van der Waals surface area contributed by atoms with Gasteiger partial charge in [0.15, 0.2) is 17.5 Å². The van der Waals surface area contributed by atoms with E-state index >= 15 is 0 Å². The quantitative estimate of drug-likeness (QED) is 0.549. The highest BCUT2D eigenvalue weighted by atomic mass is 16.4. The number of amides is 2. The van der Waals surface area contributed by atoms with Gasteiger partial charge in [0.25, 0.3) is 5.91 Å². The number of nitrogens with one attached hydrogen (secondary N) is 1. The Bertz CT molecular complexity index is 1580. The van der Waals surface area contributed by atoms with Crippen molar-refractivity contribution in [2.45, 2.75) is 46.0 Å². The predicted octanol–water partition coefficient (Wildman–Crippen LogP) is 2.44. The number of nitrogens with zero attached hydrogens (tertiary/aromatic N) is 5. The van der Waals surface area contributed by atoms with Crippen LogP contribution in [0.15, 0.2) is 51.1 Å². The van der Waals surface area contributed by atoms with E-state index in [1.54, 1.807) is 29.2 Å². The summed E-state index contributed by atoms with van der Waals surface area (Å²) in [5.74, 6) is -1.11. The van der Waals surface area contributed by atoms with Crippen molar-refractivity contribution in [3.05, 3.63) is 69.3 Å². The molecule has 1 atom stereocenters. The summed E-state index contributed by atoms with van der Waals surface area (Å²) in [5, 5.41) is 6.74. The molecule has 2 aromatic heterocycles. The second-order valence-corrected chi connectivity index (χ2v) is 10.1. The zero-order valence-corrected chi connectivity index (χ0v) is 20.1. The standard InChI is InChI=1S/C25H22N6O5/c1-12-28-20-19(21(34)36-12)25(14-7-5-6-8-15(14)30(13(2)32)22(25)35)18-16(9-24(3,4)10-17(18)33)31(20)23-26-11-27-29-23/h5-8,11H,9-10H2,1-4H3,(H,26,27,29). The van der Waals surface area contributed by atoms with Gasteiger partial charge in [-0.1, -0.05) is 32.0 Å². The molecule has 1 N–H and O–H groups in total. The molecule has 1 aromatic carbocycles. The highest BCUT2D eigenvalue weighted by molar-refractivity contribution is 6.28. The molecule has 4 heterocycles. The summed E-state index contributed by atoms with van der Waals surface area (Å²) in [6.07, 6.45) is 1.83. The number of imide groups is 1. The van der Waals surface area contributed by atoms with Gasteiger partial charge in [0.2, 0.25) is 11.9 Å². The first-order valence-corrected chi connectivity index (χ1v) is 11.5. The molecular formula is C25H22N6O5. The summed E-state index contributed by atoms with van der Waals surface area (Å²) in [6.45, 7) is 6.72. The molecule has 1 spiro atoms. The number of aryl methyl sites for hydroxylation is 1. The number of aromatic amines is 1. The molecule has 6 rings (SSSR count). The Hall–Kier alpha value is -4.41. The van der Waals surface area contributed by atoms with Crippen LogP contribution in [-0.4, -0.2) is 37.8 Å². The van der Waals surface area contributed by atoms with E-state index in [0.29, 0.717) is 23.4 Å². The van der Waals surface area contributed by atoms with Crippen molar-refractivity contribution in [2.24, 2.45) is 5.41 Å². The van der Waals surface area contributed by atoms with Gasteiger partial charge >= 0.3 is 5.63 Å². The second kappa shape index (κ2) is 7.06. The van der Waals surface area contributed by atoms with Gasteiger partial charge in [-0.25, -0.2) is 14.8 Å². The number of ketones is 1. The number of anilines is 3. The third-order valence-corrected chi connectivity index (χ3v) is 7.02. The van der Waals surface area contributed by atoms with Crippen LogP contribution < -0.4 is 15.4 Å². The molecule has 11 heteroatoms. The molecular weight excluding hydrogens is 464 g/mol. The Morgan fingerprint density at radius 3 is 2.58 bits per heavy atom. The van der Waals surface area contributed by atoms with Crippen LogP contribution in [0, 0.1) is 12.3 Å². The molecule has 36 heavy (non-hydrogen) atoms. The van der Waals surface area contributed by atoms with Gasteiger partial charge in [0, 0.05) is 37.1 Å². The van der Waals surface area contributed by atoms with E-state index in [0.717, 1.165) is 4.90 Å². The van der Waals surface area contributed by atoms with Gasteiger partial charge in [0.1, 0.15) is 17.3 Å². The topological polar surface area (TPSA) is 142 Å². The Labute approximate surface area is 204 Å². The highest BCUT2D eigenvalue weighted by Crippen LogP contribution is 2.59. The average Bonchev–Trinajstić information content (AvgIpc) is 3.38. The number of hydrogen-bond donors (Lipinski definition) is 1. The van der Waals surface area contributed by atoms with Crippen molar-refractivity contribution in [2.75, 3.05) is 9.80 Å². The van der Waals surface area contributed by atoms with Crippen LogP contribution in [0.1, 0.15) is 50.6 Å². The summed E-state index contributed by atoms with van der Waals surface area (Å²) in [6, 6.07) is 6.71. The van der Waals surface area contributed by atoms with E-state index in [9.17, 15) is 19.2 Å². The summed E-state index contributed by atoms with van der Waals surface area (Å²) in [7, 11) is 0. The summed E-state index contributed by atoms with van der Waals surface area (Å²) in [4.78, 5) is 66.2. The number of Topliss-reactive ketones (excluding diaryl/α,β-unsaturated/α-hetero) is 1. The van der Waals surface area contributed by atoms with Crippen LogP contribution in [0.3, 0.4) is 0 Å². The highest BCUT2D eigenvalue weighted by Gasteiger charge is 2.64. The van der Waals surface area contributed by atoms with E-state index in [1.807, 2.05) is 13.8 Å². The number of aromatic nitrogens is 4. The van der Waals surface area contributed by atoms with E-state index < -0.39 is 28.3 Å². The van der Waals surface area contributed by atoms with E-state index in [4.69, 9.17) is 4.42 Å². The minimum atomic E-state index is -1.89. The van der Waals surface area contributed by atoms with Gasteiger partial charge in [-0.05, 0) is 17.9 Å². The van der Waals surface area contributed by atoms with Crippen molar-refractivity contribution in [3.63, 3.8) is 0 Å². The fourth-order valence-electron chi connectivity index (χ4n) is 5.85. The van der Waals surface area contributed by atoms with E-state index in [-0.39, 0.29) is 41.0 Å². The van der Waals surface area contributed by atoms with Crippen LogP contribution in [0.4, 0.5) is 17.5 Å². The number of allylic oxidation sites excluding steroid dienone is 1. The monoisotopic (exact) mass is 486 g/mol. The molecule has 0 bridgehead atoms. The maximum absolute atomic E-state index is 14.4. The summed E-state index contributed by atoms with van der Waals surface area (Å²) < 4.78 is 5.41. The first kappa shape index (κ1) is 22.1. The second-order valence-electron chi connectivity index (χ2n) is 10.1. The Morgan fingerprint density at radius 1 is 1.14 bits per heavy atom. The van der Waals surface area contributed by atoms with E-state index in [2.05, 4.69) is 20.2 Å². The first-order chi connectivity index (χ1) is 17.1. The normalized spacial score (nSPS) is 22.1. The van der Waals surface area contributed by atoms with Crippen LogP contribution in [0.5, 0.6) is 0 Å². The maximum Gasteiger partial charge on any atom is 0.346 e. The Kier molecular flexibility index (Phi) is 4.33. The third-order valence-electron chi connectivity index (χ3n) is 7.02. The SMILES string of the molecule is CC(=O)N1C(=O)C2(C3=C(CC(C)(C)CC3=O)N(c3ncn[nH]3)c3nc(C)oc(=O)c32)c2ccccc21. The largest absolute Gasteiger partial charge is 0.408 e. The molecule has 3 aromatic rings. The molecule has 0 fully saturated rings. The number of benzene rings is 1. The maximum atomic E-state index is 14.4.